The molecule has 6 heteroatoms. The Labute approximate surface area is 173 Å². The maximum atomic E-state index is 13.7. The predicted molar refractivity (Wildman–Crippen MR) is 119 cm³/mol. The third-order valence-electron chi connectivity index (χ3n) is 5.39. The molecule has 2 heterocycles. The van der Waals surface area contributed by atoms with Gasteiger partial charge in [0.1, 0.15) is 0 Å². The van der Waals surface area contributed by atoms with Crippen molar-refractivity contribution in [2.75, 3.05) is 5.32 Å². The van der Waals surface area contributed by atoms with E-state index in [1.807, 2.05) is 98.3 Å². The molecule has 0 radical (unpaired) electrons. The lowest BCUT2D eigenvalue weighted by Gasteiger charge is -2.12. The van der Waals surface area contributed by atoms with Crippen molar-refractivity contribution < 1.29 is 4.57 Å². The lowest BCUT2D eigenvalue weighted by atomic mass is 10.2. The van der Waals surface area contributed by atoms with Gasteiger partial charge in [-0.3, -0.25) is 4.79 Å². The molecule has 0 spiro atoms. The van der Waals surface area contributed by atoms with Gasteiger partial charge in [0.15, 0.2) is 5.52 Å². The van der Waals surface area contributed by atoms with E-state index in [1.54, 1.807) is 9.08 Å². The number of aryl methyl sites for hydroxylation is 3. The molecule has 0 unspecified atom stereocenters. The summed E-state index contributed by atoms with van der Waals surface area (Å²) in [6, 6.07) is 23.8. The molecule has 0 atom stereocenters. The summed E-state index contributed by atoms with van der Waals surface area (Å²) in [4.78, 5) is 13.7. The number of anilines is 2. The van der Waals surface area contributed by atoms with Crippen LogP contribution in [0.3, 0.4) is 0 Å². The molecule has 1 N–H and O–H groups in total. The van der Waals surface area contributed by atoms with E-state index >= 15 is 0 Å². The predicted octanol–water partition coefficient (Wildman–Crippen LogP) is 3.82. The van der Waals surface area contributed by atoms with Gasteiger partial charge in [0, 0.05) is 5.69 Å². The van der Waals surface area contributed by atoms with Crippen molar-refractivity contribution in [3.8, 4) is 5.69 Å². The molecule has 5 aromatic rings. The zero-order valence-electron chi connectivity index (χ0n) is 17.1. The summed E-state index contributed by atoms with van der Waals surface area (Å²) in [5.41, 5.74) is 6.14. The van der Waals surface area contributed by atoms with Crippen molar-refractivity contribution in [2.45, 2.75) is 13.8 Å². The summed E-state index contributed by atoms with van der Waals surface area (Å²) in [5.74, 6) is 0.460. The van der Waals surface area contributed by atoms with Gasteiger partial charge in [-0.1, -0.05) is 52.0 Å². The summed E-state index contributed by atoms with van der Waals surface area (Å²) in [6.07, 6.45) is 0. The van der Waals surface area contributed by atoms with Crippen LogP contribution >= 0.6 is 0 Å². The Morgan fingerprint density at radius 1 is 0.867 bits per heavy atom. The van der Waals surface area contributed by atoms with E-state index in [0.717, 1.165) is 28.0 Å². The second kappa shape index (κ2) is 6.84. The molecule has 0 aliphatic rings. The molecule has 0 aliphatic carbocycles. The molecule has 0 bridgehead atoms. The van der Waals surface area contributed by atoms with Crippen LogP contribution in [-0.4, -0.2) is 14.2 Å². The first-order valence-corrected chi connectivity index (χ1v) is 9.86. The summed E-state index contributed by atoms with van der Waals surface area (Å²) in [7, 11) is 1.90. The van der Waals surface area contributed by atoms with Crippen LogP contribution in [-0.2, 0) is 7.05 Å². The van der Waals surface area contributed by atoms with Gasteiger partial charge in [-0.05, 0) is 55.3 Å². The number of fused-ring (bicyclic) bond motifs is 3. The number of nitrogens with zero attached hydrogens (tertiary/aromatic N) is 4. The number of benzene rings is 3. The SMILES string of the molecule is Cc1ccc(Nc2nn3c4ccccc4[n+](C)c3c(=O)n2-c2ccc(C)cc2)cc1. The minimum Gasteiger partial charge on any atom is -0.322 e. The van der Waals surface area contributed by atoms with Gasteiger partial charge in [0.25, 0.3) is 5.95 Å². The fraction of sp³-hybridized carbons (Fsp3) is 0.125. The lowest BCUT2D eigenvalue weighted by molar-refractivity contribution is -0.619. The fourth-order valence-electron chi connectivity index (χ4n) is 3.75. The lowest BCUT2D eigenvalue weighted by Crippen LogP contribution is -2.37. The van der Waals surface area contributed by atoms with Gasteiger partial charge in [0.05, 0.1) is 12.7 Å². The highest BCUT2D eigenvalue weighted by Gasteiger charge is 2.25. The fourth-order valence-corrected chi connectivity index (χ4v) is 3.75. The molecule has 30 heavy (non-hydrogen) atoms. The minimum absolute atomic E-state index is 0.137. The highest BCUT2D eigenvalue weighted by Crippen LogP contribution is 2.20. The first kappa shape index (κ1) is 18.1. The highest BCUT2D eigenvalue weighted by molar-refractivity contribution is 5.75. The third kappa shape index (κ3) is 2.85. The molecule has 2 aromatic heterocycles. The second-order valence-electron chi connectivity index (χ2n) is 7.57. The number of imidazole rings is 1. The first-order valence-electron chi connectivity index (χ1n) is 9.86. The number of aromatic nitrogens is 4. The van der Waals surface area contributed by atoms with E-state index in [4.69, 9.17) is 5.10 Å². The van der Waals surface area contributed by atoms with Gasteiger partial charge in [0.2, 0.25) is 5.52 Å². The molecule has 6 nitrogen and oxygen atoms in total. The Bertz CT molecular complexity index is 1440. The molecular weight excluding hydrogens is 374 g/mol. The topological polar surface area (TPSA) is 55.2 Å². The van der Waals surface area contributed by atoms with Gasteiger partial charge in [-0.25, -0.2) is 9.13 Å². The molecule has 0 aliphatic heterocycles. The van der Waals surface area contributed by atoms with Crippen LogP contribution < -0.4 is 15.4 Å². The van der Waals surface area contributed by atoms with E-state index < -0.39 is 0 Å². The van der Waals surface area contributed by atoms with Crippen LogP contribution in [0.1, 0.15) is 11.1 Å². The quantitative estimate of drug-likeness (QED) is 0.472. The average molecular weight is 396 g/mol. The molecule has 148 valence electrons. The van der Waals surface area contributed by atoms with Crippen molar-refractivity contribution in [3.05, 3.63) is 94.3 Å². The van der Waals surface area contributed by atoms with Crippen LogP contribution in [0.2, 0.25) is 0 Å². The van der Waals surface area contributed by atoms with Gasteiger partial charge in [-0.2, -0.15) is 0 Å². The Kier molecular flexibility index (Phi) is 4.13. The van der Waals surface area contributed by atoms with Crippen molar-refractivity contribution in [1.82, 2.24) is 14.2 Å². The standard InChI is InChI=1S/C24H21N5O/c1-16-8-12-18(13-9-16)25-24-26-29-21-7-5-4-6-20(21)27(3)22(29)23(30)28(24)19-14-10-17(2)11-15-19/h4-15H,1-3H3/p+1. The summed E-state index contributed by atoms with van der Waals surface area (Å²) in [6.45, 7) is 4.07. The van der Waals surface area contributed by atoms with Crippen LogP contribution in [0.25, 0.3) is 22.4 Å². The minimum atomic E-state index is -0.137. The van der Waals surface area contributed by atoms with Crippen molar-refractivity contribution >= 4 is 28.3 Å². The van der Waals surface area contributed by atoms with Gasteiger partial charge < -0.3 is 5.32 Å². The highest BCUT2D eigenvalue weighted by atomic mass is 16.1. The summed E-state index contributed by atoms with van der Waals surface area (Å²) in [5, 5.41) is 8.19. The van der Waals surface area contributed by atoms with Crippen LogP contribution in [0, 0.1) is 13.8 Å². The number of hydrogen-bond donors (Lipinski definition) is 1. The summed E-state index contributed by atoms with van der Waals surface area (Å²) >= 11 is 0. The second-order valence-corrected chi connectivity index (χ2v) is 7.57. The van der Waals surface area contributed by atoms with Crippen LogP contribution in [0.15, 0.2) is 77.6 Å². The van der Waals surface area contributed by atoms with E-state index in [9.17, 15) is 4.79 Å². The van der Waals surface area contributed by atoms with Crippen molar-refractivity contribution in [1.29, 1.82) is 0 Å². The Balaban J connectivity index is 1.84. The maximum Gasteiger partial charge on any atom is 0.375 e. The number of rotatable bonds is 3. The number of para-hydroxylation sites is 2. The zero-order valence-corrected chi connectivity index (χ0v) is 17.1. The molecule has 0 saturated carbocycles. The van der Waals surface area contributed by atoms with E-state index in [1.165, 1.54) is 5.56 Å². The van der Waals surface area contributed by atoms with Crippen molar-refractivity contribution in [3.63, 3.8) is 0 Å². The molecule has 5 rings (SSSR count). The molecule has 0 fully saturated rings. The van der Waals surface area contributed by atoms with Crippen molar-refractivity contribution in [2.24, 2.45) is 7.05 Å². The normalized spacial score (nSPS) is 11.3. The Hall–Kier alpha value is -3.93. The van der Waals surface area contributed by atoms with E-state index in [0.29, 0.717) is 11.6 Å². The van der Waals surface area contributed by atoms with Crippen LogP contribution in [0.5, 0.6) is 0 Å². The number of hydrogen-bond acceptors (Lipinski definition) is 3. The maximum absolute atomic E-state index is 13.7. The Morgan fingerprint density at radius 3 is 2.20 bits per heavy atom. The van der Waals surface area contributed by atoms with Gasteiger partial charge in [-0.15, -0.1) is 0 Å². The summed E-state index contributed by atoms with van der Waals surface area (Å²) < 4.78 is 5.25. The Morgan fingerprint density at radius 2 is 1.50 bits per heavy atom. The van der Waals surface area contributed by atoms with Crippen LogP contribution in [0.4, 0.5) is 11.6 Å². The first-order chi connectivity index (χ1) is 14.5. The molecule has 0 amide bonds. The molecule has 3 aromatic carbocycles. The number of nitrogens with one attached hydrogen (secondary N) is 1. The third-order valence-corrected chi connectivity index (χ3v) is 5.39. The monoisotopic (exact) mass is 396 g/mol. The largest absolute Gasteiger partial charge is 0.375 e. The molecular formula is C24H22N5O+. The van der Waals surface area contributed by atoms with Gasteiger partial charge >= 0.3 is 11.2 Å². The smallest absolute Gasteiger partial charge is 0.322 e. The van der Waals surface area contributed by atoms with E-state index in [2.05, 4.69) is 5.32 Å². The molecule has 0 saturated heterocycles. The average Bonchev–Trinajstić information content (AvgIpc) is 3.04. The van der Waals surface area contributed by atoms with E-state index in [-0.39, 0.29) is 5.56 Å². The zero-order chi connectivity index (χ0) is 20.8.